The Morgan fingerprint density at radius 3 is 2.50 bits per heavy atom. The molecule has 0 unspecified atom stereocenters. The first kappa shape index (κ1) is 18.9. The number of amides is 2. The van der Waals surface area contributed by atoms with Crippen molar-refractivity contribution in [1.29, 1.82) is 0 Å². The van der Waals surface area contributed by atoms with Crippen molar-refractivity contribution in [2.24, 2.45) is 5.92 Å². The van der Waals surface area contributed by atoms with Crippen LogP contribution in [-0.4, -0.2) is 76.9 Å². The summed E-state index contributed by atoms with van der Waals surface area (Å²) in [5.74, 6) is -0.348. The number of hydrogen-bond acceptors (Lipinski definition) is 5. The first-order valence-electron chi connectivity index (χ1n) is 9.06. The molecule has 0 radical (unpaired) electrons. The van der Waals surface area contributed by atoms with E-state index in [1.165, 1.54) is 0 Å². The van der Waals surface area contributed by atoms with Crippen molar-refractivity contribution < 1.29 is 18.0 Å². The van der Waals surface area contributed by atoms with Crippen molar-refractivity contribution in [3.63, 3.8) is 0 Å². The second-order valence-corrected chi connectivity index (χ2v) is 9.60. The molecular formula is C17H26N4O4S. The Morgan fingerprint density at radius 2 is 1.88 bits per heavy atom. The van der Waals surface area contributed by atoms with Gasteiger partial charge in [-0.1, -0.05) is 13.8 Å². The summed E-state index contributed by atoms with van der Waals surface area (Å²) in [5, 5.41) is 6.63. The monoisotopic (exact) mass is 382 g/mol. The molecule has 1 aromatic heterocycles. The van der Waals surface area contributed by atoms with E-state index in [1.807, 2.05) is 13.8 Å². The van der Waals surface area contributed by atoms with Gasteiger partial charge < -0.3 is 9.80 Å². The molecule has 0 aliphatic carbocycles. The van der Waals surface area contributed by atoms with Crippen molar-refractivity contribution in [2.45, 2.75) is 45.2 Å². The third kappa shape index (κ3) is 3.92. The van der Waals surface area contributed by atoms with E-state index in [4.69, 9.17) is 0 Å². The number of carbonyl (C=O) groups excluding carboxylic acids is 2. The number of hydrogen-bond donors (Lipinski definition) is 1. The summed E-state index contributed by atoms with van der Waals surface area (Å²) in [5.41, 5.74) is 1.05. The molecule has 3 rings (SSSR count). The van der Waals surface area contributed by atoms with Crippen LogP contribution in [0.25, 0.3) is 0 Å². The van der Waals surface area contributed by atoms with Crippen LogP contribution in [0.3, 0.4) is 0 Å². The number of H-pyrrole nitrogens is 1. The van der Waals surface area contributed by atoms with E-state index in [0.29, 0.717) is 25.9 Å². The van der Waals surface area contributed by atoms with E-state index in [2.05, 4.69) is 10.2 Å². The maximum atomic E-state index is 12.7. The van der Waals surface area contributed by atoms with E-state index in [-0.39, 0.29) is 29.2 Å². The summed E-state index contributed by atoms with van der Waals surface area (Å²) < 4.78 is 24.4. The molecule has 0 aromatic carbocycles. The number of piperazine rings is 1. The van der Waals surface area contributed by atoms with Gasteiger partial charge in [0.25, 0.3) is 0 Å². The molecular weight excluding hydrogens is 356 g/mol. The molecule has 2 atom stereocenters. The molecule has 2 aliphatic rings. The van der Waals surface area contributed by atoms with Crippen molar-refractivity contribution in [1.82, 2.24) is 20.0 Å². The Bertz CT molecular complexity index is 760. The lowest BCUT2D eigenvalue weighted by Crippen LogP contribution is -2.62. The average Bonchev–Trinajstić information content (AvgIpc) is 3.19. The van der Waals surface area contributed by atoms with E-state index < -0.39 is 21.9 Å². The van der Waals surface area contributed by atoms with E-state index in [0.717, 1.165) is 12.0 Å². The van der Waals surface area contributed by atoms with Crippen molar-refractivity contribution in [2.75, 3.05) is 24.6 Å². The quantitative estimate of drug-likeness (QED) is 0.785. The van der Waals surface area contributed by atoms with Gasteiger partial charge in [-0.15, -0.1) is 0 Å². The van der Waals surface area contributed by atoms with Crippen LogP contribution in [0.1, 0.15) is 32.3 Å². The minimum absolute atomic E-state index is 0.0303. The van der Waals surface area contributed by atoms with Gasteiger partial charge in [0.1, 0.15) is 0 Å². The highest BCUT2D eigenvalue weighted by atomic mass is 32.2. The number of aromatic amines is 1. The SMILES string of the molecule is CC(C)C(=O)N1CCN(C(=O)CCCc2cn[nH]c2)[C@H]2CS(=O)(=O)C[C@H]21. The third-order valence-electron chi connectivity index (χ3n) is 5.18. The summed E-state index contributed by atoms with van der Waals surface area (Å²) in [6.45, 7) is 4.43. The van der Waals surface area contributed by atoms with Gasteiger partial charge in [0.15, 0.2) is 9.84 Å². The van der Waals surface area contributed by atoms with Crippen molar-refractivity contribution in [3.8, 4) is 0 Å². The summed E-state index contributed by atoms with van der Waals surface area (Å²) in [6.07, 6.45) is 5.35. The zero-order valence-corrected chi connectivity index (χ0v) is 16.0. The van der Waals surface area contributed by atoms with Gasteiger partial charge in [-0.25, -0.2) is 8.42 Å². The van der Waals surface area contributed by atoms with Gasteiger partial charge in [-0.2, -0.15) is 5.10 Å². The van der Waals surface area contributed by atoms with Gasteiger partial charge in [0, 0.05) is 31.6 Å². The molecule has 2 fully saturated rings. The number of nitrogens with zero attached hydrogens (tertiary/aromatic N) is 3. The fourth-order valence-electron chi connectivity index (χ4n) is 3.87. The maximum Gasteiger partial charge on any atom is 0.225 e. The lowest BCUT2D eigenvalue weighted by atomic mass is 10.0. The number of aromatic nitrogens is 2. The van der Waals surface area contributed by atoms with Gasteiger partial charge in [0.2, 0.25) is 11.8 Å². The minimum atomic E-state index is -3.24. The molecule has 2 amide bonds. The molecule has 9 heteroatoms. The summed E-state index contributed by atoms with van der Waals surface area (Å²) in [4.78, 5) is 28.5. The molecule has 0 saturated carbocycles. The highest BCUT2D eigenvalue weighted by Crippen LogP contribution is 2.28. The Kier molecular flexibility index (Phi) is 5.36. The number of rotatable bonds is 5. The van der Waals surface area contributed by atoms with Crippen LogP contribution in [0, 0.1) is 5.92 Å². The molecule has 0 spiro atoms. The number of fused-ring (bicyclic) bond motifs is 1. The van der Waals surface area contributed by atoms with Crippen LogP contribution in [0.2, 0.25) is 0 Å². The Labute approximate surface area is 153 Å². The Balaban J connectivity index is 1.67. The maximum absolute atomic E-state index is 12.7. The molecule has 2 aliphatic heterocycles. The normalized spacial score (nSPS) is 24.7. The van der Waals surface area contributed by atoms with Crippen LogP contribution in [0.4, 0.5) is 0 Å². The highest BCUT2D eigenvalue weighted by Gasteiger charge is 2.49. The number of aryl methyl sites for hydroxylation is 1. The largest absolute Gasteiger partial charge is 0.335 e. The third-order valence-corrected chi connectivity index (χ3v) is 6.88. The Morgan fingerprint density at radius 1 is 1.23 bits per heavy atom. The highest BCUT2D eigenvalue weighted by molar-refractivity contribution is 7.91. The molecule has 3 heterocycles. The predicted octanol–water partition coefficient (Wildman–Crippen LogP) is 0.225. The van der Waals surface area contributed by atoms with Crippen LogP contribution in [0.15, 0.2) is 12.4 Å². The number of nitrogens with one attached hydrogen (secondary N) is 1. The lowest BCUT2D eigenvalue weighted by Gasteiger charge is -2.44. The van der Waals surface area contributed by atoms with Gasteiger partial charge >= 0.3 is 0 Å². The zero-order chi connectivity index (χ0) is 18.9. The Hall–Kier alpha value is -1.90. The molecule has 26 heavy (non-hydrogen) atoms. The first-order valence-corrected chi connectivity index (χ1v) is 10.9. The van der Waals surface area contributed by atoms with Gasteiger partial charge in [-0.05, 0) is 18.4 Å². The zero-order valence-electron chi connectivity index (χ0n) is 15.2. The van der Waals surface area contributed by atoms with Crippen molar-refractivity contribution in [3.05, 3.63) is 18.0 Å². The topological polar surface area (TPSA) is 103 Å². The second kappa shape index (κ2) is 7.38. The van der Waals surface area contributed by atoms with Crippen LogP contribution < -0.4 is 0 Å². The summed E-state index contributed by atoms with van der Waals surface area (Å²) in [6, 6.07) is -0.834. The molecule has 1 N–H and O–H groups in total. The van der Waals surface area contributed by atoms with Crippen LogP contribution in [-0.2, 0) is 25.8 Å². The van der Waals surface area contributed by atoms with Crippen LogP contribution >= 0.6 is 0 Å². The second-order valence-electron chi connectivity index (χ2n) is 7.45. The minimum Gasteiger partial charge on any atom is -0.335 e. The number of carbonyl (C=O) groups is 2. The van der Waals surface area contributed by atoms with Crippen LogP contribution in [0.5, 0.6) is 0 Å². The standard InChI is InChI=1S/C17H26N4O4S/c1-12(2)17(23)21-7-6-20(14-10-26(24,25)11-15(14)21)16(22)5-3-4-13-8-18-19-9-13/h8-9,12,14-15H,3-7,10-11H2,1-2H3,(H,18,19)/t14-,15+/m0/s1. The van der Waals surface area contributed by atoms with E-state index in [1.54, 1.807) is 22.2 Å². The molecule has 8 nitrogen and oxygen atoms in total. The summed E-state index contributed by atoms with van der Waals surface area (Å²) in [7, 11) is -3.24. The van der Waals surface area contributed by atoms with E-state index in [9.17, 15) is 18.0 Å². The molecule has 1 aromatic rings. The van der Waals surface area contributed by atoms with Crippen molar-refractivity contribution >= 4 is 21.7 Å². The van der Waals surface area contributed by atoms with Gasteiger partial charge in [-0.3, -0.25) is 14.7 Å². The fraction of sp³-hybridized carbons (Fsp3) is 0.706. The van der Waals surface area contributed by atoms with E-state index >= 15 is 0 Å². The molecule has 2 saturated heterocycles. The smallest absolute Gasteiger partial charge is 0.225 e. The lowest BCUT2D eigenvalue weighted by molar-refractivity contribution is -0.147. The predicted molar refractivity (Wildman–Crippen MR) is 96.0 cm³/mol. The molecule has 0 bridgehead atoms. The first-order chi connectivity index (χ1) is 12.3. The fourth-order valence-corrected chi connectivity index (χ4v) is 5.85. The average molecular weight is 382 g/mol. The summed E-state index contributed by atoms with van der Waals surface area (Å²) >= 11 is 0. The number of sulfone groups is 1. The van der Waals surface area contributed by atoms with Gasteiger partial charge in [0.05, 0.1) is 29.8 Å². The molecule has 144 valence electrons.